The molecule has 0 bridgehead atoms. The van der Waals surface area contributed by atoms with Gasteiger partial charge in [0.15, 0.2) is 11.5 Å². The van der Waals surface area contributed by atoms with Crippen molar-refractivity contribution in [3.05, 3.63) is 65.2 Å². The minimum Gasteiger partial charge on any atom is -0.362 e. The molecule has 7 heteroatoms. The smallest absolute Gasteiger partial charge is 0.221 e. The van der Waals surface area contributed by atoms with Crippen LogP contribution in [-0.4, -0.2) is 20.3 Å². The molecule has 3 aromatic heterocycles. The van der Waals surface area contributed by atoms with E-state index in [-0.39, 0.29) is 5.91 Å². The Morgan fingerprint density at radius 3 is 2.96 bits per heavy atom. The van der Waals surface area contributed by atoms with Crippen molar-refractivity contribution in [1.82, 2.24) is 14.4 Å². The third-order valence-electron chi connectivity index (χ3n) is 3.92. The molecule has 0 aliphatic heterocycles. The van der Waals surface area contributed by atoms with Gasteiger partial charge in [0.05, 0.1) is 18.4 Å². The lowest BCUT2D eigenvalue weighted by Crippen LogP contribution is -2.05. The number of rotatable bonds is 5. The molecule has 0 saturated carbocycles. The molecule has 0 unspecified atom stereocenters. The predicted molar refractivity (Wildman–Crippen MR) is 104 cm³/mol. The average Bonchev–Trinajstić information content (AvgIpc) is 3.29. The van der Waals surface area contributed by atoms with Gasteiger partial charge in [0.2, 0.25) is 5.91 Å². The van der Waals surface area contributed by atoms with Crippen molar-refractivity contribution in [2.75, 3.05) is 10.6 Å². The second-order valence-electron chi connectivity index (χ2n) is 5.81. The number of anilines is 2. The number of fused-ring (bicyclic) bond motifs is 1. The zero-order valence-electron chi connectivity index (χ0n) is 14.1. The van der Waals surface area contributed by atoms with Crippen molar-refractivity contribution in [1.29, 1.82) is 0 Å². The van der Waals surface area contributed by atoms with Gasteiger partial charge in [-0.05, 0) is 23.6 Å². The Labute approximate surface area is 154 Å². The predicted octanol–water partition coefficient (Wildman–Crippen LogP) is 4.03. The van der Waals surface area contributed by atoms with Crippen molar-refractivity contribution < 1.29 is 4.79 Å². The second-order valence-corrected chi connectivity index (χ2v) is 6.84. The first-order chi connectivity index (χ1) is 12.7. The quantitative estimate of drug-likeness (QED) is 0.562. The standard InChI is InChI=1S/C19H17N5OS/c1-13(25)23-15-5-2-4-14(10-15)17-12-22-19-18(20-7-8-24(17)19)21-11-16-6-3-9-26-16/h2-10,12H,11H2,1H3,(H,20,21)(H,23,25). The Balaban J connectivity index is 1.67. The van der Waals surface area contributed by atoms with Gasteiger partial charge >= 0.3 is 0 Å². The molecule has 0 atom stereocenters. The van der Waals surface area contributed by atoms with E-state index in [2.05, 4.69) is 32.0 Å². The fourth-order valence-electron chi connectivity index (χ4n) is 2.80. The number of aromatic nitrogens is 3. The lowest BCUT2D eigenvalue weighted by atomic mass is 10.1. The van der Waals surface area contributed by atoms with E-state index in [0.29, 0.717) is 6.54 Å². The van der Waals surface area contributed by atoms with Gasteiger partial charge in [0.1, 0.15) is 0 Å². The molecule has 3 heterocycles. The summed E-state index contributed by atoms with van der Waals surface area (Å²) < 4.78 is 2.00. The lowest BCUT2D eigenvalue weighted by Gasteiger charge is -2.08. The zero-order valence-corrected chi connectivity index (χ0v) is 15.0. The van der Waals surface area contributed by atoms with Crippen molar-refractivity contribution in [3.63, 3.8) is 0 Å². The van der Waals surface area contributed by atoms with Crippen LogP contribution in [-0.2, 0) is 11.3 Å². The summed E-state index contributed by atoms with van der Waals surface area (Å²) in [6.07, 6.45) is 5.46. The molecule has 4 aromatic rings. The maximum absolute atomic E-state index is 11.3. The largest absolute Gasteiger partial charge is 0.362 e. The molecule has 0 aliphatic carbocycles. The SMILES string of the molecule is CC(=O)Nc1cccc(-c2cnc3c(NCc4cccs4)nccn23)c1. The van der Waals surface area contributed by atoms with Gasteiger partial charge in [-0.15, -0.1) is 11.3 Å². The van der Waals surface area contributed by atoms with E-state index in [4.69, 9.17) is 0 Å². The topological polar surface area (TPSA) is 71.3 Å². The van der Waals surface area contributed by atoms with Gasteiger partial charge in [-0.25, -0.2) is 9.97 Å². The van der Waals surface area contributed by atoms with Crippen LogP contribution in [0.25, 0.3) is 16.9 Å². The fraction of sp³-hybridized carbons (Fsp3) is 0.105. The van der Waals surface area contributed by atoms with E-state index in [9.17, 15) is 4.79 Å². The molecule has 26 heavy (non-hydrogen) atoms. The van der Waals surface area contributed by atoms with Crippen LogP contribution >= 0.6 is 11.3 Å². The molecule has 130 valence electrons. The fourth-order valence-corrected chi connectivity index (χ4v) is 3.45. The van der Waals surface area contributed by atoms with E-state index < -0.39 is 0 Å². The number of benzene rings is 1. The Hall–Kier alpha value is -3.19. The number of nitrogens with one attached hydrogen (secondary N) is 2. The van der Waals surface area contributed by atoms with Gasteiger partial charge in [-0.1, -0.05) is 18.2 Å². The molecule has 0 aliphatic rings. The summed E-state index contributed by atoms with van der Waals surface area (Å²) in [6, 6.07) is 11.8. The van der Waals surface area contributed by atoms with Gasteiger partial charge in [0, 0.05) is 35.4 Å². The van der Waals surface area contributed by atoms with Gasteiger partial charge < -0.3 is 10.6 Å². The van der Waals surface area contributed by atoms with E-state index >= 15 is 0 Å². The lowest BCUT2D eigenvalue weighted by molar-refractivity contribution is -0.114. The number of hydrogen-bond acceptors (Lipinski definition) is 5. The molecule has 0 fully saturated rings. The number of thiophene rings is 1. The molecule has 1 aromatic carbocycles. The van der Waals surface area contributed by atoms with E-state index in [0.717, 1.165) is 28.4 Å². The van der Waals surface area contributed by atoms with Crippen molar-refractivity contribution in [3.8, 4) is 11.3 Å². The Bertz CT molecular complexity index is 1050. The van der Waals surface area contributed by atoms with E-state index in [1.807, 2.05) is 47.1 Å². The van der Waals surface area contributed by atoms with Crippen molar-refractivity contribution >= 4 is 34.4 Å². The third-order valence-corrected chi connectivity index (χ3v) is 4.79. The normalized spacial score (nSPS) is 10.8. The number of hydrogen-bond donors (Lipinski definition) is 2. The summed E-state index contributed by atoms with van der Waals surface area (Å²) in [4.78, 5) is 21.5. The molecule has 0 spiro atoms. The number of carbonyl (C=O) groups is 1. The molecule has 2 N–H and O–H groups in total. The third kappa shape index (κ3) is 3.29. The minimum absolute atomic E-state index is 0.0930. The Kier molecular flexibility index (Phi) is 4.37. The van der Waals surface area contributed by atoms with Crippen molar-refractivity contribution in [2.45, 2.75) is 13.5 Å². The highest BCUT2D eigenvalue weighted by Crippen LogP contribution is 2.26. The molecule has 0 saturated heterocycles. The Morgan fingerprint density at radius 1 is 1.23 bits per heavy atom. The summed E-state index contributed by atoms with van der Waals surface area (Å²) in [5.41, 5.74) is 3.44. The van der Waals surface area contributed by atoms with Crippen LogP contribution in [0.5, 0.6) is 0 Å². The van der Waals surface area contributed by atoms with Crippen LogP contribution in [0.3, 0.4) is 0 Å². The maximum atomic E-state index is 11.3. The van der Waals surface area contributed by atoms with Gasteiger partial charge in [0.25, 0.3) is 0 Å². The van der Waals surface area contributed by atoms with Gasteiger partial charge in [-0.2, -0.15) is 0 Å². The van der Waals surface area contributed by atoms with Crippen LogP contribution in [0.15, 0.2) is 60.4 Å². The van der Waals surface area contributed by atoms with Gasteiger partial charge in [-0.3, -0.25) is 9.20 Å². The summed E-state index contributed by atoms with van der Waals surface area (Å²) in [6.45, 7) is 2.21. The maximum Gasteiger partial charge on any atom is 0.221 e. The summed E-state index contributed by atoms with van der Waals surface area (Å²) in [5.74, 6) is 0.648. The molecule has 6 nitrogen and oxygen atoms in total. The zero-order chi connectivity index (χ0) is 17.9. The van der Waals surface area contributed by atoms with Crippen LogP contribution in [0.2, 0.25) is 0 Å². The van der Waals surface area contributed by atoms with E-state index in [1.165, 1.54) is 11.8 Å². The molecule has 0 radical (unpaired) electrons. The summed E-state index contributed by atoms with van der Waals surface area (Å²) >= 11 is 1.70. The number of nitrogens with zero attached hydrogens (tertiary/aromatic N) is 3. The average molecular weight is 363 g/mol. The molecular formula is C19H17N5OS. The number of imidazole rings is 1. The van der Waals surface area contributed by atoms with Crippen LogP contribution in [0.1, 0.15) is 11.8 Å². The molecule has 4 rings (SSSR count). The monoisotopic (exact) mass is 363 g/mol. The second kappa shape index (κ2) is 6.97. The van der Waals surface area contributed by atoms with E-state index in [1.54, 1.807) is 17.5 Å². The van der Waals surface area contributed by atoms with Crippen LogP contribution in [0.4, 0.5) is 11.5 Å². The van der Waals surface area contributed by atoms with Crippen LogP contribution < -0.4 is 10.6 Å². The highest BCUT2D eigenvalue weighted by Gasteiger charge is 2.11. The summed E-state index contributed by atoms with van der Waals surface area (Å²) in [7, 11) is 0. The first kappa shape index (κ1) is 16.3. The minimum atomic E-state index is -0.0930. The van der Waals surface area contributed by atoms with Crippen molar-refractivity contribution in [2.24, 2.45) is 0 Å². The first-order valence-corrected chi connectivity index (χ1v) is 9.05. The number of amides is 1. The molecular weight excluding hydrogens is 346 g/mol. The highest BCUT2D eigenvalue weighted by atomic mass is 32.1. The Morgan fingerprint density at radius 2 is 2.15 bits per heavy atom. The molecule has 1 amide bonds. The first-order valence-electron chi connectivity index (χ1n) is 8.17. The number of carbonyl (C=O) groups excluding carboxylic acids is 1. The summed E-state index contributed by atoms with van der Waals surface area (Å²) in [5, 5.41) is 8.22. The van der Waals surface area contributed by atoms with Crippen LogP contribution in [0, 0.1) is 0 Å². The highest BCUT2D eigenvalue weighted by molar-refractivity contribution is 7.09.